The summed E-state index contributed by atoms with van der Waals surface area (Å²) < 4.78 is 5.53. The van der Waals surface area contributed by atoms with Crippen molar-refractivity contribution in [3.8, 4) is 0 Å². The summed E-state index contributed by atoms with van der Waals surface area (Å²) in [7, 11) is 0. The van der Waals surface area contributed by atoms with E-state index in [4.69, 9.17) is 19.7 Å². The van der Waals surface area contributed by atoms with Crippen molar-refractivity contribution in [2.45, 2.75) is 39.0 Å². The Kier molecular flexibility index (Phi) is 8.20. The molecule has 1 aliphatic rings. The van der Waals surface area contributed by atoms with Crippen LogP contribution in [0.15, 0.2) is 59.7 Å². The van der Waals surface area contributed by atoms with Gasteiger partial charge in [-0.2, -0.15) is 0 Å². The first-order valence-corrected chi connectivity index (χ1v) is 12.8. The van der Waals surface area contributed by atoms with Crippen LogP contribution in [0.3, 0.4) is 0 Å². The van der Waals surface area contributed by atoms with Crippen LogP contribution in [0.5, 0.6) is 0 Å². The van der Waals surface area contributed by atoms with E-state index in [2.05, 4.69) is 22.0 Å². The number of aromatic nitrogens is 3. The molecule has 0 amide bonds. The maximum Gasteiger partial charge on any atom is 0.132 e. The topological polar surface area (TPSA) is 107 Å². The average molecular weight is 500 g/mol. The van der Waals surface area contributed by atoms with Gasteiger partial charge in [-0.05, 0) is 35.6 Å². The smallest absolute Gasteiger partial charge is 0.132 e. The van der Waals surface area contributed by atoms with Gasteiger partial charge in [0.2, 0.25) is 0 Å². The number of anilines is 1. The highest BCUT2D eigenvalue weighted by Gasteiger charge is 2.15. The van der Waals surface area contributed by atoms with Gasteiger partial charge in [-0.15, -0.1) is 0 Å². The number of hydrogen-bond acceptors (Lipinski definition) is 7. The lowest BCUT2D eigenvalue weighted by Gasteiger charge is -2.28. The Bertz CT molecular complexity index is 1360. The van der Waals surface area contributed by atoms with Crippen molar-refractivity contribution in [3.05, 3.63) is 88.5 Å². The molecular formula is C29H33N5O3. The van der Waals surface area contributed by atoms with Crippen LogP contribution in [0, 0.1) is 0 Å². The van der Waals surface area contributed by atoms with Crippen LogP contribution in [-0.4, -0.2) is 57.7 Å². The molecule has 8 nitrogen and oxygen atoms in total. The van der Waals surface area contributed by atoms with E-state index in [1.165, 1.54) is 0 Å². The number of ether oxygens (including phenoxy) is 1. The Balaban J connectivity index is 1.30. The summed E-state index contributed by atoms with van der Waals surface area (Å²) in [6, 6.07) is 16.1. The Morgan fingerprint density at radius 1 is 0.973 bits per heavy atom. The van der Waals surface area contributed by atoms with Crippen LogP contribution < -0.4 is 4.90 Å². The van der Waals surface area contributed by atoms with Crippen LogP contribution in [0.1, 0.15) is 40.2 Å². The molecule has 2 aromatic carbocycles. The standard InChI is InChI=1S/C29H33N5O3/c35-19-22-9-8-21(14-23(22)20-36)4-3-7-28-32-25(15-29(33-28)34-10-12-37-13-11-34)18-30-16-24-17-31-27-6-2-1-5-26(24)27/h1-2,5-6,8-9,14-17,31,35-36H,3-4,7,10-13,18-20H2. The number of aliphatic imine (C=N–C) groups is 1. The molecule has 37 heavy (non-hydrogen) atoms. The van der Waals surface area contributed by atoms with Crippen molar-refractivity contribution in [1.82, 2.24) is 15.0 Å². The summed E-state index contributed by atoms with van der Waals surface area (Å²) in [5.74, 6) is 1.75. The molecule has 3 N–H and O–H groups in total. The monoisotopic (exact) mass is 499 g/mol. The summed E-state index contributed by atoms with van der Waals surface area (Å²) in [6.45, 7) is 3.37. The van der Waals surface area contributed by atoms with Crippen molar-refractivity contribution < 1.29 is 14.9 Å². The zero-order chi connectivity index (χ0) is 25.5. The molecule has 8 heteroatoms. The van der Waals surface area contributed by atoms with Gasteiger partial charge in [0, 0.05) is 54.5 Å². The van der Waals surface area contributed by atoms with Gasteiger partial charge in [0.15, 0.2) is 0 Å². The number of hydrogen-bond donors (Lipinski definition) is 3. The average Bonchev–Trinajstić information content (AvgIpc) is 3.36. The van der Waals surface area contributed by atoms with E-state index in [-0.39, 0.29) is 13.2 Å². The van der Waals surface area contributed by atoms with Gasteiger partial charge in [-0.3, -0.25) is 4.99 Å². The molecule has 1 aliphatic heterocycles. The third-order valence-electron chi connectivity index (χ3n) is 6.73. The number of aryl methyl sites for hydroxylation is 2. The van der Waals surface area contributed by atoms with Crippen LogP contribution >= 0.6 is 0 Å². The summed E-state index contributed by atoms with van der Waals surface area (Å²) in [4.78, 5) is 20.0. The molecule has 192 valence electrons. The minimum absolute atomic E-state index is 0.0656. The van der Waals surface area contributed by atoms with E-state index >= 15 is 0 Å². The number of nitrogens with one attached hydrogen (secondary N) is 1. The third kappa shape index (κ3) is 6.22. The van der Waals surface area contributed by atoms with Crippen molar-refractivity contribution >= 4 is 22.9 Å². The number of benzene rings is 2. The molecule has 0 aliphatic carbocycles. The quantitative estimate of drug-likeness (QED) is 0.288. The number of fused-ring (bicyclic) bond motifs is 1. The van der Waals surface area contributed by atoms with E-state index < -0.39 is 0 Å². The number of aliphatic hydroxyl groups is 2. The SMILES string of the molecule is OCc1ccc(CCCc2nc(CN=Cc3c[nH]c4ccccc34)cc(N3CCOCC3)n2)cc1CO. The summed E-state index contributed by atoms with van der Waals surface area (Å²) in [6.07, 6.45) is 6.36. The van der Waals surface area contributed by atoms with Gasteiger partial charge in [0.1, 0.15) is 11.6 Å². The van der Waals surface area contributed by atoms with Gasteiger partial charge in [-0.25, -0.2) is 9.97 Å². The predicted molar refractivity (Wildman–Crippen MR) is 145 cm³/mol. The van der Waals surface area contributed by atoms with Crippen molar-refractivity contribution in [3.63, 3.8) is 0 Å². The highest BCUT2D eigenvalue weighted by Crippen LogP contribution is 2.19. The zero-order valence-electron chi connectivity index (χ0n) is 20.9. The minimum Gasteiger partial charge on any atom is -0.392 e. The lowest BCUT2D eigenvalue weighted by atomic mass is 10.0. The van der Waals surface area contributed by atoms with E-state index in [0.29, 0.717) is 19.8 Å². The maximum absolute atomic E-state index is 9.59. The second kappa shape index (κ2) is 12.1. The molecule has 0 saturated carbocycles. The Morgan fingerprint density at radius 3 is 2.65 bits per heavy atom. The number of aromatic amines is 1. The summed E-state index contributed by atoms with van der Waals surface area (Å²) in [5, 5.41) is 20.2. The fourth-order valence-corrected chi connectivity index (χ4v) is 4.71. The highest BCUT2D eigenvalue weighted by atomic mass is 16.5. The van der Waals surface area contributed by atoms with Gasteiger partial charge in [0.05, 0.1) is 38.7 Å². The fourth-order valence-electron chi connectivity index (χ4n) is 4.71. The second-order valence-corrected chi connectivity index (χ2v) is 9.27. The van der Waals surface area contributed by atoms with Crippen molar-refractivity contribution in [2.24, 2.45) is 4.99 Å². The van der Waals surface area contributed by atoms with E-state index in [1.54, 1.807) is 0 Å². The molecule has 0 atom stereocenters. The summed E-state index contributed by atoms with van der Waals surface area (Å²) in [5.41, 5.74) is 5.74. The lowest BCUT2D eigenvalue weighted by Crippen LogP contribution is -2.37. The van der Waals surface area contributed by atoms with Crippen molar-refractivity contribution in [1.29, 1.82) is 0 Å². The zero-order valence-corrected chi connectivity index (χ0v) is 20.9. The molecule has 1 fully saturated rings. The Hall–Kier alpha value is -3.59. The van der Waals surface area contributed by atoms with Crippen molar-refractivity contribution in [2.75, 3.05) is 31.2 Å². The number of morpholine rings is 1. The van der Waals surface area contributed by atoms with Gasteiger partial charge < -0.3 is 24.8 Å². The summed E-state index contributed by atoms with van der Waals surface area (Å²) >= 11 is 0. The number of H-pyrrole nitrogens is 1. The second-order valence-electron chi connectivity index (χ2n) is 9.27. The molecule has 2 aromatic heterocycles. The van der Waals surface area contributed by atoms with Gasteiger partial charge in [-0.1, -0.05) is 36.4 Å². The first-order chi connectivity index (χ1) is 18.2. The number of aliphatic hydroxyl groups excluding tert-OH is 2. The first kappa shape index (κ1) is 25.1. The minimum atomic E-state index is -0.0726. The van der Waals surface area contributed by atoms with Gasteiger partial charge >= 0.3 is 0 Å². The van der Waals surface area contributed by atoms with Crippen LogP contribution in [0.2, 0.25) is 0 Å². The molecule has 0 bridgehead atoms. The number of rotatable bonds is 10. The van der Waals surface area contributed by atoms with E-state index in [9.17, 15) is 10.2 Å². The molecule has 0 unspecified atom stereocenters. The van der Waals surface area contributed by atoms with Crippen LogP contribution in [0.25, 0.3) is 10.9 Å². The Labute approximate surface area is 216 Å². The third-order valence-corrected chi connectivity index (χ3v) is 6.73. The molecule has 0 radical (unpaired) electrons. The lowest BCUT2D eigenvalue weighted by molar-refractivity contribution is 0.122. The molecule has 3 heterocycles. The highest BCUT2D eigenvalue weighted by molar-refractivity contribution is 5.98. The first-order valence-electron chi connectivity index (χ1n) is 12.8. The van der Waals surface area contributed by atoms with E-state index in [1.807, 2.05) is 48.8 Å². The normalized spacial score (nSPS) is 14.2. The predicted octanol–water partition coefficient (Wildman–Crippen LogP) is 3.57. The molecule has 0 spiro atoms. The van der Waals surface area contributed by atoms with Crippen LogP contribution in [0.4, 0.5) is 5.82 Å². The molecule has 5 rings (SSSR count). The largest absolute Gasteiger partial charge is 0.392 e. The number of nitrogens with zero attached hydrogens (tertiary/aromatic N) is 4. The van der Waals surface area contributed by atoms with Crippen LogP contribution in [-0.2, 0) is 37.3 Å². The molecule has 1 saturated heterocycles. The van der Waals surface area contributed by atoms with Gasteiger partial charge in [0.25, 0.3) is 0 Å². The van der Waals surface area contributed by atoms with E-state index in [0.717, 1.165) is 82.8 Å². The molecule has 4 aromatic rings. The number of para-hydroxylation sites is 1. The maximum atomic E-state index is 9.59. The Morgan fingerprint density at radius 2 is 1.81 bits per heavy atom. The fraction of sp³-hybridized carbons (Fsp3) is 0.345. The molecular weight excluding hydrogens is 466 g/mol.